The molecule has 0 N–H and O–H groups in total. The van der Waals surface area contributed by atoms with Crippen LogP contribution in [0.15, 0.2) is 24.3 Å². The highest BCUT2D eigenvalue weighted by atomic mass is 19.1. The van der Waals surface area contributed by atoms with Gasteiger partial charge in [-0.1, -0.05) is 19.1 Å². The Balaban J connectivity index is 2.04. The van der Waals surface area contributed by atoms with Crippen molar-refractivity contribution in [2.75, 3.05) is 13.1 Å². The molecule has 1 aromatic carbocycles. The van der Waals surface area contributed by atoms with Crippen molar-refractivity contribution in [3.8, 4) is 0 Å². The van der Waals surface area contributed by atoms with Gasteiger partial charge in [-0.2, -0.15) is 0 Å². The Bertz CT molecular complexity index is 757. The van der Waals surface area contributed by atoms with Crippen LogP contribution in [-0.4, -0.2) is 28.5 Å². The van der Waals surface area contributed by atoms with E-state index in [1.54, 1.807) is 12.1 Å². The van der Waals surface area contributed by atoms with E-state index in [2.05, 4.69) is 18.4 Å². The van der Waals surface area contributed by atoms with Gasteiger partial charge in [0.1, 0.15) is 11.5 Å². The normalized spacial score (nSPS) is 14.4. The molecule has 3 rings (SSSR count). The van der Waals surface area contributed by atoms with Crippen LogP contribution in [-0.2, 0) is 13.0 Å². The van der Waals surface area contributed by atoms with Gasteiger partial charge >= 0.3 is 0 Å². The number of hydrogen-bond acceptors (Lipinski definition) is 1. The molecule has 0 saturated carbocycles. The second-order valence-electron chi connectivity index (χ2n) is 6.61. The molecule has 1 aliphatic heterocycles. The summed E-state index contributed by atoms with van der Waals surface area (Å²) in [5, 5.41) is 0. The van der Waals surface area contributed by atoms with Crippen molar-refractivity contribution in [2.24, 2.45) is 0 Å². The molecule has 1 fully saturated rings. The van der Waals surface area contributed by atoms with Crippen molar-refractivity contribution in [2.45, 2.75) is 46.6 Å². The molecule has 128 valence electrons. The van der Waals surface area contributed by atoms with Crippen LogP contribution in [0.1, 0.15) is 52.6 Å². The number of halogens is 1. The number of nitrogens with zero attached hydrogens (tertiary/aromatic N) is 2. The molecule has 2 heterocycles. The molecule has 24 heavy (non-hydrogen) atoms. The predicted octanol–water partition coefficient (Wildman–Crippen LogP) is 4.09. The van der Waals surface area contributed by atoms with Crippen LogP contribution in [0.25, 0.3) is 0 Å². The van der Waals surface area contributed by atoms with Crippen molar-refractivity contribution in [1.82, 2.24) is 9.47 Å². The van der Waals surface area contributed by atoms with Crippen LogP contribution in [0, 0.1) is 19.7 Å². The van der Waals surface area contributed by atoms with Crippen molar-refractivity contribution in [1.29, 1.82) is 0 Å². The zero-order valence-electron chi connectivity index (χ0n) is 14.7. The zero-order chi connectivity index (χ0) is 17.3. The molecule has 1 aliphatic rings. The lowest BCUT2D eigenvalue weighted by Crippen LogP contribution is -2.30. The quantitative estimate of drug-likeness (QED) is 0.830. The van der Waals surface area contributed by atoms with E-state index in [1.807, 2.05) is 17.9 Å². The number of amides is 1. The van der Waals surface area contributed by atoms with E-state index in [1.165, 1.54) is 11.6 Å². The fraction of sp³-hybridized carbons (Fsp3) is 0.450. The number of hydrogen-bond donors (Lipinski definition) is 0. The smallest absolute Gasteiger partial charge is 0.270 e. The molecule has 3 nitrogen and oxygen atoms in total. The molecular weight excluding hydrogens is 303 g/mol. The summed E-state index contributed by atoms with van der Waals surface area (Å²) in [5.41, 5.74) is 5.07. The number of carbonyl (C=O) groups excluding carboxylic acids is 1. The topological polar surface area (TPSA) is 25.2 Å². The van der Waals surface area contributed by atoms with Crippen LogP contribution in [0.3, 0.4) is 0 Å². The zero-order valence-corrected chi connectivity index (χ0v) is 14.7. The van der Waals surface area contributed by atoms with E-state index >= 15 is 0 Å². The number of benzene rings is 1. The Hall–Kier alpha value is -2.10. The molecule has 1 amide bonds. The molecular formula is C20H25FN2O. The molecule has 1 saturated heterocycles. The van der Waals surface area contributed by atoms with E-state index in [0.29, 0.717) is 6.54 Å². The van der Waals surface area contributed by atoms with Gasteiger partial charge in [-0.25, -0.2) is 4.39 Å². The van der Waals surface area contributed by atoms with Crippen LogP contribution < -0.4 is 0 Å². The first kappa shape index (κ1) is 16.7. The Labute approximate surface area is 143 Å². The van der Waals surface area contributed by atoms with Gasteiger partial charge in [0.05, 0.1) is 0 Å². The second-order valence-corrected chi connectivity index (χ2v) is 6.61. The summed E-state index contributed by atoms with van der Waals surface area (Å²) in [6.07, 6.45) is 3.05. The minimum absolute atomic E-state index is 0.115. The highest BCUT2D eigenvalue weighted by Gasteiger charge is 2.27. The first-order valence-electron chi connectivity index (χ1n) is 8.75. The number of carbonyl (C=O) groups is 1. The molecule has 1 aromatic heterocycles. The summed E-state index contributed by atoms with van der Waals surface area (Å²) >= 11 is 0. The minimum atomic E-state index is -0.239. The van der Waals surface area contributed by atoms with Gasteiger partial charge in [0, 0.05) is 25.3 Å². The second kappa shape index (κ2) is 6.80. The summed E-state index contributed by atoms with van der Waals surface area (Å²) < 4.78 is 15.6. The average Bonchev–Trinajstić information content (AvgIpc) is 3.15. The largest absolute Gasteiger partial charge is 0.337 e. The van der Waals surface area contributed by atoms with Crippen molar-refractivity contribution in [3.05, 3.63) is 58.2 Å². The summed E-state index contributed by atoms with van der Waals surface area (Å²) in [6.45, 7) is 8.42. The van der Waals surface area contributed by atoms with Gasteiger partial charge in [0.15, 0.2) is 0 Å². The molecule has 0 spiro atoms. The van der Waals surface area contributed by atoms with E-state index < -0.39 is 0 Å². The Morgan fingerprint density at radius 2 is 1.92 bits per heavy atom. The van der Waals surface area contributed by atoms with E-state index in [9.17, 15) is 9.18 Å². The van der Waals surface area contributed by atoms with E-state index in [4.69, 9.17) is 0 Å². The highest BCUT2D eigenvalue weighted by Crippen LogP contribution is 2.26. The van der Waals surface area contributed by atoms with Crippen LogP contribution in [0.4, 0.5) is 4.39 Å². The molecule has 0 atom stereocenters. The lowest BCUT2D eigenvalue weighted by molar-refractivity contribution is 0.0781. The summed E-state index contributed by atoms with van der Waals surface area (Å²) in [5.74, 6) is -0.124. The SMILES string of the molecule is CCc1c(C)c(C(=O)N2CCCC2)n(Cc2cccc(F)c2)c1C. The number of likely N-dealkylation sites (tertiary alicyclic amines) is 1. The maximum Gasteiger partial charge on any atom is 0.270 e. The van der Waals surface area contributed by atoms with Gasteiger partial charge < -0.3 is 9.47 Å². The van der Waals surface area contributed by atoms with Crippen molar-refractivity contribution >= 4 is 5.91 Å². The first-order valence-corrected chi connectivity index (χ1v) is 8.75. The third-order valence-electron chi connectivity index (χ3n) is 5.10. The van der Waals surface area contributed by atoms with Gasteiger partial charge in [-0.15, -0.1) is 0 Å². The van der Waals surface area contributed by atoms with Gasteiger partial charge in [0.2, 0.25) is 0 Å². The molecule has 2 aromatic rings. The monoisotopic (exact) mass is 328 g/mol. The Morgan fingerprint density at radius 1 is 1.21 bits per heavy atom. The van der Waals surface area contributed by atoms with Gasteiger partial charge in [-0.3, -0.25) is 4.79 Å². The average molecular weight is 328 g/mol. The van der Waals surface area contributed by atoms with Crippen LogP contribution in [0.2, 0.25) is 0 Å². The third kappa shape index (κ3) is 2.97. The van der Waals surface area contributed by atoms with E-state index in [0.717, 1.165) is 54.9 Å². The van der Waals surface area contributed by atoms with Gasteiger partial charge in [-0.05, 0) is 61.9 Å². The van der Waals surface area contributed by atoms with Crippen molar-refractivity contribution < 1.29 is 9.18 Å². The fourth-order valence-corrected chi connectivity index (χ4v) is 3.83. The predicted molar refractivity (Wildman–Crippen MR) is 93.9 cm³/mol. The molecule has 4 heteroatoms. The molecule has 0 radical (unpaired) electrons. The molecule has 0 bridgehead atoms. The number of aromatic nitrogens is 1. The lowest BCUT2D eigenvalue weighted by Gasteiger charge is -2.19. The maximum atomic E-state index is 13.5. The highest BCUT2D eigenvalue weighted by molar-refractivity contribution is 5.95. The third-order valence-corrected chi connectivity index (χ3v) is 5.10. The molecule has 0 aliphatic carbocycles. The maximum absolute atomic E-state index is 13.5. The summed E-state index contributed by atoms with van der Waals surface area (Å²) in [4.78, 5) is 15.0. The van der Waals surface area contributed by atoms with Crippen LogP contribution >= 0.6 is 0 Å². The van der Waals surface area contributed by atoms with E-state index in [-0.39, 0.29) is 11.7 Å². The fourth-order valence-electron chi connectivity index (χ4n) is 3.83. The summed E-state index contributed by atoms with van der Waals surface area (Å²) in [6, 6.07) is 6.63. The first-order chi connectivity index (χ1) is 11.5. The lowest BCUT2D eigenvalue weighted by atomic mass is 10.1. The Kier molecular flexibility index (Phi) is 4.74. The standard InChI is InChI=1S/C20H25FN2O/c1-4-18-14(2)19(20(24)22-10-5-6-11-22)23(15(18)3)13-16-8-7-9-17(21)12-16/h7-9,12H,4-6,10-11,13H2,1-3H3. The summed E-state index contributed by atoms with van der Waals surface area (Å²) in [7, 11) is 0. The van der Waals surface area contributed by atoms with Crippen LogP contribution in [0.5, 0.6) is 0 Å². The Morgan fingerprint density at radius 3 is 2.54 bits per heavy atom. The molecule has 0 unspecified atom stereocenters. The minimum Gasteiger partial charge on any atom is -0.337 e. The van der Waals surface area contributed by atoms with Gasteiger partial charge in [0.25, 0.3) is 5.91 Å². The number of rotatable bonds is 4. The van der Waals surface area contributed by atoms with Crippen molar-refractivity contribution in [3.63, 3.8) is 0 Å².